The van der Waals surface area contributed by atoms with Gasteiger partial charge in [0.1, 0.15) is 12.4 Å². The number of morpholine rings is 1. The third-order valence-electron chi connectivity index (χ3n) is 5.48. The maximum atomic E-state index is 5.95. The van der Waals surface area contributed by atoms with Gasteiger partial charge in [-0.05, 0) is 33.7 Å². The van der Waals surface area contributed by atoms with Gasteiger partial charge in [-0.1, -0.05) is 12.8 Å². The standard InChI is InChI=1S/C18H33N7O/c1-13(16-12-24(3)9-10-26-16)20-18(21-15-7-5-6-8-15)19-11-17-23-22-14(2)25(17)4/h13,15-16H,5-12H2,1-4H3,(H2,19,20,21). The van der Waals surface area contributed by atoms with Crippen molar-refractivity contribution in [3.05, 3.63) is 11.6 Å². The van der Waals surface area contributed by atoms with Crippen LogP contribution in [0.2, 0.25) is 0 Å². The summed E-state index contributed by atoms with van der Waals surface area (Å²) in [7, 11) is 4.12. The Kier molecular flexibility index (Phi) is 6.48. The van der Waals surface area contributed by atoms with Crippen LogP contribution in [0, 0.1) is 6.92 Å². The van der Waals surface area contributed by atoms with Crippen LogP contribution < -0.4 is 10.6 Å². The van der Waals surface area contributed by atoms with Crippen LogP contribution in [0.15, 0.2) is 4.99 Å². The molecule has 2 heterocycles. The number of aryl methyl sites for hydroxylation is 1. The molecule has 8 heteroatoms. The van der Waals surface area contributed by atoms with Crippen LogP contribution in [-0.2, 0) is 18.3 Å². The quantitative estimate of drug-likeness (QED) is 0.596. The molecule has 1 saturated carbocycles. The molecule has 3 rings (SSSR count). The highest BCUT2D eigenvalue weighted by Crippen LogP contribution is 2.17. The molecular weight excluding hydrogens is 330 g/mol. The minimum absolute atomic E-state index is 0.168. The highest BCUT2D eigenvalue weighted by Gasteiger charge is 2.25. The lowest BCUT2D eigenvalue weighted by Crippen LogP contribution is -2.54. The van der Waals surface area contributed by atoms with Gasteiger partial charge in [-0.15, -0.1) is 10.2 Å². The van der Waals surface area contributed by atoms with E-state index in [-0.39, 0.29) is 12.1 Å². The second kappa shape index (κ2) is 8.81. The number of likely N-dealkylation sites (N-methyl/N-ethyl adjacent to an activating group) is 1. The SMILES string of the molecule is Cc1nnc(CN=C(NC2CCCC2)NC(C)C2CN(C)CCO2)n1C. The van der Waals surface area contributed by atoms with E-state index in [1.807, 2.05) is 18.5 Å². The molecule has 2 fully saturated rings. The Morgan fingerprint density at radius 1 is 1.31 bits per heavy atom. The van der Waals surface area contributed by atoms with Crippen LogP contribution in [-0.4, -0.2) is 70.6 Å². The highest BCUT2D eigenvalue weighted by molar-refractivity contribution is 5.80. The first-order chi connectivity index (χ1) is 12.5. The zero-order valence-corrected chi connectivity index (χ0v) is 16.5. The van der Waals surface area contributed by atoms with Crippen molar-refractivity contribution in [3.8, 4) is 0 Å². The maximum Gasteiger partial charge on any atom is 0.192 e. The van der Waals surface area contributed by atoms with Crippen molar-refractivity contribution in [2.45, 2.75) is 64.3 Å². The number of nitrogens with zero attached hydrogens (tertiary/aromatic N) is 5. The Balaban J connectivity index is 1.65. The van der Waals surface area contributed by atoms with Gasteiger partial charge in [-0.2, -0.15) is 0 Å². The molecule has 1 aromatic rings. The lowest BCUT2D eigenvalue weighted by atomic mass is 10.1. The third-order valence-corrected chi connectivity index (χ3v) is 5.48. The number of ether oxygens (including phenoxy) is 1. The first-order valence-corrected chi connectivity index (χ1v) is 9.75. The molecule has 2 aliphatic rings. The van der Waals surface area contributed by atoms with Crippen molar-refractivity contribution in [2.75, 3.05) is 26.7 Å². The van der Waals surface area contributed by atoms with Crippen LogP contribution in [0.1, 0.15) is 44.3 Å². The normalized spacial score (nSPS) is 24.0. The average Bonchev–Trinajstić information content (AvgIpc) is 3.24. The molecule has 146 valence electrons. The molecule has 0 amide bonds. The zero-order chi connectivity index (χ0) is 18.5. The van der Waals surface area contributed by atoms with Gasteiger partial charge >= 0.3 is 0 Å². The van der Waals surface area contributed by atoms with Crippen LogP contribution in [0.4, 0.5) is 0 Å². The Morgan fingerprint density at radius 2 is 2.08 bits per heavy atom. The summed E-state index contributed by atoms with van der Waals surface area (Å²) in [6.45, 7) is 7.35. The Labute approximate surface area is 156 Å². The summed E-state index contributed by atoms with van der Waals surface area (Å²) in [5, 5.41) is 15.5. The van der Waals surface area contributed by atoms with Crippen molar-refractivity contribution < 1.29 is 4.74 Å². The topological polar surface area (TPSA) is 79.6 Å². The van der Waals surface area contributed by atoms with E-state index >= 15 is 0 Å². The van der Waals surface area contributed by atoms with E-state index in [0.29, 0.717) is 12.6 Å². The van der Waals surface area contributed by atoms with Crippen LogP contribution in [0.5, 0.6) is 0 Å². The van der Waals surface area contributed by atoms with E-state index in [0.717, 1.165) is 37.3 Å². The van der Waals surface area contributed by atoms with Gasteiger partial charge in [0.05, 0.1) is 18.8 Å². The Bertz CT molecular complexity index is 609. The van der Waals surface area contributed by atoms with E-state index in [4.69, 9.17) is 9.73 Å². The second-order valence-corrected chi connectivity index (χ2v) is 7.62. The maximum absolute atomic E-state index is 5.95. The smallest absolute Gasteiger partial charge is 0.192 e. The van der Waals surface area contributed by atoms with Gasteiger partial charge < -0.3 is 24.8 Å². The summed E-state index contributed by atoms with van der Waals surface area (Å²) in [6, 6.07) is 0.691. The van der Waals surface area contributed by atoms with E-state index in [2.05, 4.69) is 39.7 Å². The van der Waals surface area contributed by atoms with Crippen LogP contribution >= 0.6 is 0 Å². The molecule has 0 aromatic carbocycles. The molecule has 2 unspecified atom stereocenters. The molecule has 1 aliphatic heterocycles. The summed E-state index contributed by atoms with van der Waals surface area (Å²) in [5.41, 5.74) is 0. The molecule has 2 atom stereocenters. The molecular formula is C18H33N7O. The first-order valence-electron chi connectivity index (χ1n) is 9.75. The third kappa shape index (κ3) is 4.94. The van der Waals surface area contributed by atoms with E-state index in [9.17, 15) is 0 Å². The monoisotopic (exact) mass is 363 g/mol. The van der Waals surface area contributed by atoms with Crippen molar-refractivity contribution in [2.24, 2.45) is 12.0 Å². The van der Waals surface area contributed by atoms with Crippen LogP contribution in [0.3, 0.4) is 0 Å². The summed E-state index contributed by atoms with van der Waals surface area (Å²) in [5.74, 6) is 2.62. The number of guanidine groups is 1. The number of hydrogen-bond acceptors (Lipinski definition) is 5. The number of aromatic nitrogens is 3. The minimum Gasteiger partial charge on any atom is -0.373 e. The van der Waals surface area contributed by atoms with E-state index in [1.165, 1.54) is 25.7 Å². The van der Waals surface area contributed by atoms with Crippen LogP contribution in [0.25, 0.3) is 0 Å². The largest absolute Gasteiger partial charge is 0.373 e. The molecule has 2 N–H and O–H groups in total. The molecule has 8 nitrogen and oxygen atoms in total. The fourth-order valence-electron chi connectivity index (χ4n) is 3.56. The van der Waals surface area contributed by atoms with E-state index < -0.39 is 0 Å². The van der Waals surface area contributed by atoms with Gasteiger partial charge in [-0.25, -0.2) is 4.99 Å². The summed E-state index contributed by atoms with van der Waals surface area (Å²) < 4.78 is 7.94. The number of rotatable bonds is 5. The fourth-order valence-corrected chi connectivity index (χ4v) is 3.56. The molecule has 0 radical (unpaired) electrons. The predicted molar refractivity (Wildman–Crippen MR) is 102 cm³/mol. The lowest BCUT2D eigenvalue weighted by molar-refractivity contribution is -0.0325. The van der Waals surface area contributed by atoms with Gasteiger partial charge in [0.2, 0.25) is 0 Å². The number of aliphatic imine (C=N–C) groups is 1. The fraction of sp³-hybridized carbons (Fsp3) is 0.833. The number of nitrogens with one attached hydrogen (secondary N) is 2. The van der Waals surface area contributed by atoms with Gasteiger partial charge in [0.15, 0.2) is 11.8 Å². The van der Waals surface area contributed by atoms with Gasteiger partial charge in [-0.3, -0.25) is 0 Å². The van der Waals surface area contributed by atoms with Gasteiger partial charge in [0.25, 0.3) is 0 Å². The van der Waals surface area contributed by atoms with Crippen molar-refractivity contribution in [1.82, 2.24) is 30.3 Å². The van der Waals surface area contributed by atoms with E-state index in [1.54, 1.807) is 0 Å². The van der Waals surface area contributed by atoms with Gasteiger partial charge in [0, 0.05) is 26.2 Å². The molecule has 1 aromatic heterocycles. The van der Waals surface area contributed by atoms with Crippen molar-refractivity contribution in [3.63, 3.8) is 0 Å². The average molecular weight is 364 g/mol. The molecule has 0 spiro atoms. The lowest BCUT2D eigenvalue weighted by Gasteiger charge is -2.34. The molecule has 26 heavy (non-hydrogen) atoms. The first kappa shape index (κ1) is 19.1. The predicted octanol–water partition coefficient (Wildman–Crippen LogP) is 0.820. The zero-order valence-electron chi connectivity index (χ0n) is 16.5. The Hall–Kier alpha value is -1.67. The molecule has 1 aliphatic carbocycles. The molecule has 0 bridgehead atoms. The Morgan fingerprint density at radius 3 is 2.73 bits per heavy atom. The summed E-state index contributed by atoms with van der Waals surface area (Å²) >= 11 is 0. The molecule has 1 saturated heterocycles. The number of hydrogen-bond donors (Lipinski definition) is 2. The highest BCUT2D eigenvalue weighted by atomic mass is 16.5. The second-order valence-electron chi connectivity index (χ2n) is 7.62. The summed E-state index contributed by atoms with van der Waals surface area (Å²) in [6.07, 6.45) is 5.17. The summed E-state index contributed by atoms with van der Waals surface area (Å²) in [4.78, 5) is 7.10. The van der Waals surface area contributed by atoms with Crippen molar-refractivity contribution in [1.29, 1.82) is 0 Å². The van der Waals surface area contributed by atoms with Crippen molar-refractivity contribution >= 4 is 5.96 Å². The minimum atomic E-state index is 0.168.